The monoisotopic (exact) mass is 195 g/mol. The molecule has 0 saturated heterocycles. The van der Waals surface area contributed by atoms with Crippen molar-refractivity contribution >= 4 is 0 Å². The highest BCUT2D eigenvalue weighted by Crippen LogP contribution is 1.98. The van der Waals surface area contributed by atoms with Gasteiger partial charge >= 0.3 is 0 Å². The first-order valence-corrected chi connectivity index (χ1v) is 4.61. The van der Waals surface area contributed by atoms with Crippen molar-refractivity contribution < 1.29 is 13.5 Å². The van der Waals surface area contributed by atoms with E-state index in [1.807, 2.05) is 20.8 Å². The Bertz CT molecular complexity index is 120. The van der Waals surface area contributed by atoms with E-state index in [1.54, 1.807) is 0 Å². The van der Waals surface area contributed by atoms with E-state index in [1.165, 1.54) is 0 Å². The van der Waals surface area contributed by atoms with E-state index in [2.05, 4.69) is 5.32 Å². The van der Waals surface area contributed by atoms with E-state index in [0.29, 0.717) is 12.6 Å². The number of alkyl halides is 2. The number of halogens is 2. The molecule has 0 rings (SSSR count). The molecule has 0 aliphatic carbocycles. The Morgan fingerprint density at radius 2 is 1.77 bits per heavy atom. The van der Waals surface area contributed by atoms with Gasteiger partial charge in [-0.2, -0.15) is 0 Å². The van der Waals surface area contributed by atoms with Gasteiger partial charge < -0.3 is 10.1 Å². The van der Waals surface area contributed by atoms with Crippen LogP contribution in [0.15, 0.2) is 0 Å². The zero-order valence-electron chi connectivity index (χ0n) is 8.52. The summed E-state index contributed by atoms with van der Waals surface area (Å²) >= 11 is 0. The zero-order valence-corrected chi connectivity index (χ0v) is 8.52. The molecule has 0 aliphatic rings. The molecule has 0 aromatic rings. The molecule has 0 aromatic heterocycles. The molecule has 0 amide bonds. The molecule has 0 aliphatic heterocycles. The minimum absolute atomic E-state index is 0.279. The van der Waals surface area contributed by atoms with Crippen molar-refractivity contribution in [2.24, 2.45) is 5.92 Å². The maximum absolute atomic E-state index is 11.7. The number of rotatable bonds is 7. The van der Waals surface area contributed by atoms with Crippen LogP contribution in [0.3, 0.4) is 0 Å². The molecule has 0 radical (unpaired) electrons. The van der Waals surface area contributed by atoms with Crippen LogP contribution >= 0.6 is 0 Å². The smallest absolute Gasteiger partial charge is 0.261 e. The topological polar surface area (TPSA) is 21.3 Å². The number of nitrogens with one attached hydrogen (secondary N) is 1. The molecule has 1 atom stereocenters. The Morgan fingerprint density at radius 3 is 2.23 bits per heavy atom. The predicted octanol–water partition coefficient (Wildman–Crippen LogP) is 1.90. The fourth-order valence-corrected chi connectivity index (χ4v) is 0.854. The van der Waals surface area contributed by atoms with Crippen molar-refractivity contribution in [2.75, 3.05) is 19.8 Å². The van der Waals surface area contributed by atoms with E-state index in [-0.39, 0.29) is 5.92 Å². The van der Waals surface area contributed by atoms with Crippen LogP contribution in [0, 0.1) is 5.92 Å². The Hall–Kier alpha value is -0.220. The molecule has 0 bridgehead atoms. The summed E-state index contributed by atoms with van der Waals surface area (Å²) in [5, 5.41) is 3.22. The number of hydrogen-bond acceptors (Lipinski definition) is 2. The first-order chi connectivity index (χ1) is 6.02. The minimum Gasteiger partial charge on any atom is -0.375 e. The van der Waals surface area contributed by atoms with Gasteiger partial charge in [0.25, 0.3) is 6.43 Å². The van der Waals surface area contributed by atoms with Crippen LogP contribution < -0.4 is 5.32 Å². The van der Waals surface area contributed by atoms with Crippen molar-refractivity contribution in [3.05, 3.63) is 0 Å². The lowest BCUT2D eigenvalue weighted by Crippen LogP contribution is -2.30. The van der Waals surface area contributed by atoms with Crippen LogP contribution in [0.2, 0.25) is 0 Å². The summed E-state index contributed by atoms with van der Waals surface area (Å²) < 4.78 is 28.1. The lowest BCUT2D eigenvalue weighted by atomic mass is 10.2. The third-order valence-electron chi connectivity index (χ3n) is 1.52. The second kappa shape index (κ2) is 7.21. The zero-order chi connectivity index (χ0) is 10.3. The highest BCUT2D eigenvalue weighted by Gasteiger charge is 2.06. The van der Waals surface area contributed by atoms with Crippen molar-refractivity contribution in [3.63, 3.8) is 0 Å². The van der Waals surface area contributed by atoms with Crippen LogP contribution in [0.4, 0.5) is 8.78 Å². The summed E-state index contributed by atoms with van der Waals surface area (Å²) in [7, 11) is 0. The number of ether oxygens (including phenoxy) is 1. The molecule has 0 fully saturated rings. The fourth-order valence-electron chi connectivity index (χ4n) is 0.854. The van der Waals surface area contributed by atoms with Crippen LogP contribution in [-0.2, 0) is 4.74 Å². The second-order valence-corrected chi connectivity index (χ2v) is 3.60. The van der Waals surface area contributed by atoms with Gasteiger partial charge in [0.1, 0.15) is 6.61 Å². The molecule has 0 spiro atoms. The average molecular weight is 195 g/mol. The summed E-state index contributed by atoms with van der Waals surface area (Å²) in [5.74, 6) is 0.279. The maximum atomic E-state index is 11.7. The normalized spacial score (nSPS) is 14.1. The SMILES string of the molecule is CC(CNC(C)C)COCC(F)F. The lowest BCUT2D eigenvalue weighted by molar-refractivity contribution is 0.00593. The quantitative estimate of drug-likeness (QED) is 0.670. The van der Waals surface area contributed by atoms with Gasteiger partial charge in [0, 0.05) is 12.6 Å². The van der Waals surface area contributed by atoms with Gasteiger partial charge in [-0.3, -0.25) is 0 Å². The standard InChI is InChI=1S/C9H19F2NO/c1-7(2)12-4-8(3)5-13-6-9(10)11/h7-9,12H,4-6H2,1-3H3. The summed E-state index contributed by atoms with van der Waals surface area (Å²) in [6, 6.07) is 0.428. The highest BCUT2D eigenvalue weighted by molar-refractivity contribution is 4.58. The van der Waals surface area contributed by atoms with Crippen LogP contribution in [0.25, 0.3) is 0 Å². The first kappa shape index (κ1) is 12.8. The van der Waals surface area contributed by atoms with Gasteiger partial charge in [-0.05, 0) is 5.92 Å². The minimum atomic E-state index is -2.36. The van der Waals surface area contributed by atoms with E-state index in [4.69, 9.17) is 4.74 Å². The van der Waals surface area contributed by atoms with E-state index in [9.17, 15) is 8.78 Å². The van der Waals surface area contributed by atoms with Crippen molar-refractivity contribution in [2.45, 2.75) is 33.2 Å². The molecule has 1 unspecified atom stereocenters. The molecule has 4 heteroatoms. The van der Waals surface area contributed by atoms with Gasteiger partial charge in [0.15, 0.2) is 0 Å². The van der Waals surface area contributed by atoms with Crippen molar-refractivity contribution in [1.29, 1.82) is 0 Å². The second-order valence-electron chi connectivity index (χ2n) is 3.60. The molecule has 2 nitrogen and oxygen atoms in total. The highest BCUT2D eigenvalue weighted by atomic mass is 19.3. The largest absolute Gasteiger partial charge is 0.375 e. The van der Waals surface area contributed by atoms with E-state index in [0.717, 1.165) is 6.54 Å². The van der Waals surface area contributed by atoms with Gasteiger partial charge in [-0.15, -0.1) is 0 Å². The van der Waals surface area contributed by atoms with Gasteiger partial charge in [0.2, 0.25) is 0 Å². The van der Waals surface area contributed by atoms with E-state index >= 15 is 0 Å². The Balaban J connectivity index is 3.25. The molecule has 0 saturated carbocycles. The number of hydrogen-bond donors (Lipinski definition) is 1. The molecule has 0 aromatic carbocycles. The first-order valence-electron chi connectivity index (χ1n) is 4.61. The fraction of sp³-hybridized carbons (Fsp3) is 1.00. The summed E-state index contributed by atoms with van der Waals surface area (Å²) in [4.78, 5) is 0. The average Bonchev–Trinajstić information content (AvgIpc) is 2.00. The van der Waals surface area contributed by atoms with Crippen LogP contribution in [0.5, 0.6) is 0 Å². The molecule has 13 heavy (non-hydrogen) atoms. The Morgan fingerprint density at radius 1 is 1.15 bits per heavy atom. The van der Waals surface area contributed by atoms with Gasteiger partial charge in [-0.25, -0.2) is 8.78 Å². The molecular weight excluding hydrogens is 176 g/mol. The molecule has 80 valence electrons. The third-order valence-corrected chi connectivity index (χ3v) is 1.52. The molecular formula is C9H19F2NO. The van der Waals surface area contributed by atoms with Gasteiger partial charge in [0.05, 0.1) is 6.61 Å². The van der Waals surface area contributed by atoms with E-state index < -0.39 is 13.0 Å². The Labute approximate surface area is 78.7 Å². The van der Waals surface area contributed by atoms with Gasteiger partial charge in [-0.1, -0.05) is 20.8 Å². The summed E-state index contributed by atoms with van der Waals surface area (Å²) in [5.41, 5.74) is 0. The maximum Gasteiger partial charge on any atom is 0.261 e. The van der Waals surface area contributed by atoms with Crippen LogP contribution in [0.1, 0.15) is 20.8 Å². The Kier molecular flexibility index (Phi) is 7.09. The van der Waals surface area contributed by atoms with Crippen molar-refractivity contribution in [3.8, 4) is 0 Å². The molecule has 0 heterocycles. The van der Waals surface area contributed by atoms with Crippen LogP contribution in [-0.4, -0.2) is 32.2 Å². The molecule has 1 N–H and O–H groups in total. The lowest BCUT2D eigenvalue weighted by Gasteiger charge is -2.14. The summed E-state index contributed by atoms with van der Waals surface area (Å²) in [6.45, 7) is 6.82. The summed E-state index contributed by atoms with van der Waals surface area (Å²) in [6.07, 6.45) is -2.36. The predicted molar refractivity (Wildman–Crippen MR) is 49.1 cm³/mol. The third kappa shape index (κ3) is 9.70. The van der Waals surface area contributed by atoms with Crippen molar-refractivity contribution in [1.82, 2.24) is 5.32 Å².